The zero-order valence-electron chi connectivity index (χ0n) is 16.3. The number of aromatic nitrogens is 2. The summed E-state index contributed by atoms with van der Waals surface area (Å²) in [6.07, 6.45) is 0. The maximum atomic E-state index is 13.1. The lowest BCUT2D eigenvalue weighted by molar-refractivity contribution is 0.0786. The Labute approximate surface area is 167 Å². The van der Waals surface area contributed by atoms with Crippen molar-refractivity contribution in [2.45, 2.75) is 19.4 Å². The molecule has 3 aromatic rings. The number of amides is 1. The first-order valence-corrected chi connectivity index (χ1v) is 9.84. The van der Waals surface area contributed by atoms with Gasteiger partial charge in [0.05, 0.1) is 10.9 Å². The van der Waals surface area contributed by atoms with Crippen molar-refractivity contribution in [3.8, 4) is 0 Å². The van der Waals surface area contributed by atoms with Gasteiger partial charge in [0.25, 0.3) is 11.5 Å². The first-order valence-electron chi connectivity index (χ1n) is 9.84. The van der Waals surface area contributed by atoms with E-state index < -0.39 is 5.69 Å². The van der Waals surface area contributed by atoms with Crippen LogP contribution in [-0.2, 0) is 6.54 Å². The molecule has 1 aromatic heterocycles. The highest BCUT2D eigenvalue weighted by atomic mass is 16.2. The normalized spacial score (nSPS) is 19.0. The molecule has 1 aliphatic heterocycles. The SMILES string of the molecule is CCn1c(=O)[nH]c2cc(C(=O)N3C[C@@H](CN)[C@H](c4ccccc4)C3)ccc2c1=O. The Kier molecular flexibility index (Phi) is 5.07. The number of fused-ring (bicyclic) bond motifs is 1. The summed E-state index contributed by atoms with van der Waals surface area (Å²) in [5.74, 6) is 0.268. The number of likely N-dealkylation sites (tertiary alicyclic amines) is 1. The van der Waals surface area contributed by atoms with Gasteiger partial charge in [-0.3, -0.25) is 14.2 Å². The number of hydrogen-bond donors (Lipinski definition) is 2. The summed E-state index contributed by atoms with van der Waals surface area (Å²) < 4.78 is 1.14. The Balaban J connectivity index is 1.65. The molecule has 1 saturated heterocycles. The van der Waals surface area contributed by atoms with Crippen LogP contribution in [0.15, 0.2) is 58.1 Å². The van der Waals surface area contributed by atoms with Crippen molar-refractivity contribution < 1.29 is 4.79 Å². The third-order valence-electron chi connectivity index (χ3n) is 5.80. The molecule has 150 valence electrons. The molecule has 1 amide bonds. The summed E-state index contributed by atoms with van der Waals surface area (Å²) >= 11 is 0. The molecule has 4 rings (SSSR count). The number of nitrogens with one attached hydrogen (secondary N) is 1. The van der Waals surface area contributed by atoms with Crippen LogP contribution in [0.4, 0.5) is 0 Å². The van der Waals surface area contributed by atoms with Crippen molar-refractivity contribution in [1.29, 1.82) is 0 Å². The molecular formula is C22H24N4O3. The highest BCUT2D eigenvalue weighted by Crippen LogP contribution is 2.32. The maximum Gasteiger partial charge on any atom is 0.328 e. The Morgan fingerprint density at radius 3 is 2.59 bits per heavy atom. The van der Waals surface area contributed by atoms with Crippen molar-refractivity contribution in [3.05, 3.63) is 80.5 Å². The molecule has 0 saturated carbocycles. The minimum Gasteiger partial charge on any atom is -0.338 e. The lowest BCUT2D eigenvalue weighted by Gasteiger charge is -2.17. The molecule has 1 aliphatic rings. The highest BCUT2D eigenvalue weighted by molar-refractivity contribution is 5.97. The third kappa shape index (κ3) is 3.38. The average Bonchev–Trinajstić information content (AvgIpc) is 3.18. The van der Waals surface area contributed by atoms with Gasteiger partial charge in [-0.05, 0) is 43.1 Å². The molecule has 0 spiro atoms. The van der Waals surface area contributed by atoms with Crippen LogP contribution in [0.3, 0.4) is 0 Å². The van der Waals surface area contributed by atoms with Crippen LogP contribution < -0.4 is 17.0 Å². The Bertz CT molecular complexity index is 1170. The van der Waals surface area contributed by atoms with Gasteiger partial charge in [-0.25, -0.2) is 4.79 Å². The van der Waals surface area contributed by atoms with Crippen LogP contribution in [0, 0.1) is 5.92 Å². The minimum absolute atomic E-state index is 0.121. The van der Waals surface area contributed by atoms with E-state index in [9.17, 15) is 14.4 Å². The lowest BCUT2D eigenvalue weighted by Crippen LogP contribution is -2.34. The minimum atomic E-state index is -0.469. The van der Waals surface area contributed by atoms with E-state index in [2.05, 4.69) is 17.1 Å². The molecule has 2 heterocycles. The van der Waals surface area contributed by atoms with E-state index in [1.807, 2.05) is 23.1 Å². The second-order valence-corrected chi connectivity index (χ2v) is 7.46. The third-order valence-corrected chi connectivity index (χ3v) is 5.80. The number of rotatable bonds is 4. The number of aromatic amines is 1. The van der Waals surface area contributed by atoms with Crippen LogP contribution in [0.1, 0.15) is 28.8 Å². The van der Waals surface area contributed by atoms with E-state index in [0.29, 0.717) is 42.6 Å². The van der Waals surface area contributed by atoms with Crippen LogP contribution in [0.25, 0.3) is 10.9 Å². The summed E-state index contributed by atoms with van der Waals surface area (Å²) in [4.78, 5) is 42.2. The van der Waals surface area contributed by atoms with Crippen LogP contribution in [-0.4, -0.2) is 40.0 Å². The number of hydrogen-bond acceptors (Lipinski definition) is 4. The Hall–Kier alpha value is -3.19. The molecule has 7 nitrogen and oxygen atoms in total. The average molecular weight is 392 g/mol. The van der Waals surface area contributed by atoms with Crippen LogP contribution in [0.5, 0.6) is 0 Å². The number of benzene rings is 2. The molecule has 0 bridgehead atoms. The summed E-state index contributed by atoms with van der Waals surface area (Å²) in [7, 11) is 0. The summed E-state index contributed by atoms with van der Waals surface area (Å²) in [6.45, 7) is 3.72. The van der Waals surface area contributed by atoms with E-state index in [-0.39, 0.29) is 23.3 Å². The predicted molar refractivity (Wildman–Crippen MR) is 112 cm³/mol. The highest BCUT2D eigenvalue weighted by Gasteiger charge is 2.35. The summed E-state index contributed by atoms with van der Waals surface area (Å²) in [5, 5.41) is 0.395. The second kappa shape index (κ2) is 7.67. The fraction of sp³-hybridized carbons (Fsp3) is 0.318. The topological polar surface area (TPSA) is 101 Å². The molecule has 0 unspecified atom stereocenters. The largest absolute Gasteiger partial charge is 0.338 e. The molecule has 7 heteroatoms. The van der Waals surface area contributed by atoms with Crippen molar-refractivity contribution in [2.24, 2.45) is 11.7 Å². The first-order chi connectivity index (χ1) is 14.0. The molecule has 2 atom stereocenters. The van der Waals surface area contributed by atoms with Crippen LogP contribution in [0.2, 0.25) is 0 Å². The number of nitrogens with two attached hydrogens (primary N) is 1. The van der Waals surface area contributed by atoms with Crippen LogP contribution >= 0.6 is 0 Å². The molecule has 2 aromatic carbocycles. The van der Waals surface area contributed by atoms with Crippen molar-refractivity contribution >= 4 is 16.8 Å². The molecule has 29 heavy (non-hydrogen) atoms. The molecule has 3 N–H and O–H groups in total. The van der Waals surface area contributed by atoms with Gasteiger partial charge in [-0.2, -0.15) is 0 Å². The van der Waals surface area contributed by atoms with Gasteiger partial charge in [0.2, 0.25) is 0 Å². The number of nitrogens with zero attached hydrogens (tertiary/aromatic N) is 2. The maximum absolute atomic E-state index is 13.1. The second-order valence-electron chi connectivity index (χ2n) is 7.46. The number of carbonyl (C=O) groups excluding carboxylic acids is 1. The first kappa shape index (κ1) is 19.1. The molecule has 0 radical (unpaired) electrons. The van der Waals surface area contributed by atoms with Gasteiger partial charge in [0, 0.05) is 31.1 Å². The van der Waals surface area contributed by atoms with E-state index in [1.54, 1.807) is 25.1 Å². The summed E-state index contributed by atoms with van der Waals surface area (Å²) in [6, 6.07) is 15.0. The van der Waals surface area contributed by atoms with E-state index >= 15 is 0 Å². The standard InChI is InChI=1S/C22H24N4O3/c1-2-26-21(28)17-9-8-15(10-19(17)24-22(26)29)20(27)25-12-16(11-23)18(13-25)14-6-4-3-5-7-14/h3-10,16,18H,2,11-13,23H2,1H3,(H,24,29)/t16-,18+/m1/s1. The Morgan fingerprint density at radius 1 is 1.14 bits per heavy atom. The van der Waals surface area contributed by atoms with E-state index in [1.165, 1.54) is 5.56 Å². The smallest absolute Gasteiger partial charge is 0.328 e. The lowest BCUT2D eigenvalue weighted by atomic mass is 9.89. The quantitative estimate of drug-likeness (QED) is 0.703. The van der Waals surface area contributed by atoms with Gasteiger partial charge in [-0.15, -0.1) is 0 Å². The summed E-state index contributed by atoms with van der Waals surface area (Å²) in [5.41, 5.74) is 7.18. The van der Waals surface area contributed by atoms with Gasteiger partial charge in [-0.1, -0.05) is 30.3 Å². The fourth-order valence-corrected chi connectivity index (χ4v) is 4.21. The van der Waals surface area contributed by atoms with Gasteiger partial charge in [0.1, 0.15) is 0 Å². The van der Waals surface area contributed by atoms with Crippen molar-refractivity contribution in [3.63, 3.8) is 0 Å². The predicted octanol–water partition coefficient (Wildman–Crippen LogP) is 1.52. The monoisotopic (exact) mass is 392 g/mol. The molecule has 1 fully saturated rings. The molecular weight excluding hydrogens is 368 g/mol. The van der Waals surface area contributed by atoms with Crippen molar-refractivity contribution in [2.75, 3.05) is 19.6 Å². The number of carbonyl (C=O) groups is 1. The van der Waals surface area contributed by atoms with Gasteiger partial charge in [0.15, 0.2) is 0 Å². The van der Waals surface area contributed by atoms with Crippen molar-refractivity contribution in [1.82, 2.24) is 14.5 Å². The van der Waals surface area contributed by atoms with Gasteiger partial charge < -0.3 is 15.6 Å². The zero-order chi connectivity index (χ0) is 20.5. The van der Waals surface area contributed by atoms with E-state index in [0.717, 1.165) is 4.57 Å². The molecule has 0 aliphatic carbocycles. The fourth-order valence-electron chi connectivity index (χ4n) is 4.21. The zero-order valence-corrected chi connectivity index (χ0v) is 16.3. The van der Waals surface area contributed by atoms with E-state index in [4.69, 9.17) is 5.73 Å². The Morgan fingerprint density at radius 2 is 1.90 bits per heavy atom. The van der Waals surface area contributed by atoms with Gasteiger partial charge >= 0.3 is 5.69 Å². The number of H-pyrrole nitrogens is 1.